The first-order valence-corrected chi connectivity index (χ1v) is 7.47. The van der Waals surface area contributed by atoms with Crippen LogP contribution in [0.2, 0.25) is 0 Å². The van der Waals surface area contributed by atoms with Gasteiger partial charge < -0.3 is 15.4 Å². The first kappa shape index (κ1) is 13.9. The van der Waals surface area contributed by atoms with Crippen molar-refractivity contribution in [2.24, 2.45) is 10.7 Å². The Hall–Kier alpha value is -2.04. The van der Waals surface area contributed by atoms with Gasteiger partial charge in [0.15, 0.2) is 0 Å². The Balaban J connectivity index is 2.18. The molecule has 5 heteroatoms. The van der Waals surface area contributed by atoms with Crippen molar-refractivity contribution in [1.29, 1.82) is 0 Å². The van der Waals surface area contributed by atoms with Gasteiger partial charge in [-0.15, -0.1) is 0 Å². The van der Waals surface area contributed by atoms with Crippen LogP contribution in [0.5, 0.6) is 5.75 Å². The number of aliphatic imine (C=N–C) groups is 1. The molecule has 0 saturated carbocycles. The number of nitrogens with two attached hydrogens (primary N) is 1. The third-order valence-corrected chi connectivity index (χ3v) is 4.53. The first-order chi connectivity index (χ1) is 10.1. The maximum Gasteiger partial charge on any atom is 0.346 e. The standard InChI is InChI=1S/C16H21N3O2/c1-3-9-19-15(20)18-14(17)16(19)8-4-5-11-6-7-12(21-2)10-13(11)16/h6-7,10H,3-5,8-9H2,1-2H3,(H2,17,18,20). The number of methoxy groups -OCH3 is 1. The van der Waals surface area contributed by atoms with Gasteiger partial charge in [-0.1, -0.05) is 13.0 Å². The lowest BCUT2D eigenvalue weighted by atomic mass is 9.75. The van der Waals surface area contributed by atoms with Gasteiger partial charge in [-0.2, -0.15) is 4.99 Å². The number of carbonyl (C=O) groups is 1. The highest BCUT2D eigenvalue weighted by Gasteiger charge is 2.51. The van der Waals surface area contributed by atoms with Crippen LogP contribution in [-0.2, 0) is 12.0 Å². The molecule has 1 aliphatic carbocycles. The highest BCUT2D eigenvalue weighted by molar-refractivity contribution is 6.06. The number of benzene rings is 1. The molecule has 0 fully saturated rings. The van der Waals surface area contributed by atoms with E-state index >= 15 is 0 Å². The summed E-state index contributed by atoms with van der Waals surface area (Å²) in [6, 6.07) is 5.84. The van der Waals surface area contributed by atoms with Crippen LogP contribution in [0.3, 0.4) is 0 Å². The van der Waals surface area contributed by atoms with Crippen LogP contribution in [0.4, 0.5) is 4.79 Å². The van der Waals surface area contributed by atoms with Crippen LogP contribution in [0, 0.1) is 0 Å². The SMILES string of the molecule is CCCN1C(=O)N=C(N)C12CCCc1ccc(OC)cc12. The Morgan fingerprint density at radius 3 is 3.00 bits per heavy atom. The van der Waals surface area contributed by atoms with Crippen molar-refractivity contribution in [1.82, 2.24) is 4.90 Å². The molecule has 21 heavy (non-hydrogen) atoms. The van der Waals surface area contributed by atoms with Gasteiger partial charge in [0.2, 0.25) is 0 Å². The van der Waals surface area contributed by atoms with E-state index in [9.17, 15) is 4.79 Å². The van der Waals surface area contributed by atoms with Crippen molar-refractivity contribution < 1.29 is 9.53 Å². The first-order valence-electron chi connectivity index (χ1n) is 7.47. The summed E-state index contributed by atoms with van der Waals surface area (Å²) in [5.41, 5.74) is 7.94. The van der Waals surface area contributed by atoms with Gasteiger partial charge in [-0.25, -0.2) is 4.79 Å². The molecular formula is C16H21N3O2. The number of amidine groups is 1. The minimum atomic E-state index is -0.574. The number of rotatable bonds is 3. The Kier molecular flexibility index (Phi) is 3.35. The number of carbonyl (C=O) groups excluding carboxylic acids is 1. The highest BCUT2D eigenvalue weighted by atomic mass is 16.5. The maximum absolute atomic E-state index is 12.2. The molecule has 1 spiro atoms. The fraction of sp³-hybridized carbons (Fsp3) is 0.500. The van der Waals surface area contributed by atoms with Crippen LogP contribution in [0.1, 0.15) is 37.3 Å². The molecule has 0 aromatic heterocycles. The van der Waals surface area contributed by atoms with E-state index < -0.39 is 5.54 Å². The minimum Gasteiger partial charge on any atom is -0.497 e. The Morgan fingerprint density at radius 1 is 1.48 bits per heavy atom. The summed E-state index contributed by atoms with van der Waals surface area (Å²) in [7, 11) is 1.65. The van der Waals surface area contributed by atoms with Crippen molar-refractivity contribution >= 4 is 11.9 Å². The van der Waals surface area contributed by atoms with Crippen molar-refractivity contribution in [3.05, 3.63) is 29.3 Å². The molecule has 1 unspecified atom stereocenters. The summed E-state index contributed by atoms with van der Waals surface area (Å²) in [4.78, 5) is 18.1. The summed E-state index contributed by atoms with van der Waals surface area (Å²) in [5, 5.41) is 0. The van der Waals surface area contributed by atoms with Crippen LogP contribution in [0.25, 0.3) is 0 Å². The number of hydrogen-bond acceptors (Lipinski definition) is 3. The highest BCUT2D eigenvalue weighted by Crippen LogP contribution is 2.44. The predicted molar refractivity (Wildman–Crippen MR) is 81.6 cm³/mol. The molecule has 5 nitrogen and oxygen atoms in total. The smallest absolute Gasteiger partial charge is 0.346 e. The number of ether oxygens (including phenoxy) is 1. The molecule has 1 atom stereocenters. The number of urea groups is 1. The van der Waals surface area contributed by atoms with E-state index in [0.29, 0.717) is 12.4 Å². The summed E-state index contributed by atoms with van der Waals surface area (Å²) in [6.07, 6.45) is 3.72. The summed E-state index contributed by atoms with van der Waals surface area (Å²) >= 11 is 0. The van der Waals surface area contributed by atoms with Crippen molar-refractivity contribution in [3.63, 3.8) is 0 Å². The molecule has 1 aromatic carbocycles. The number of amides is 2. The van der Waals surface area contributed by atoms with Crippen LogP contribution in [0.15, 0.2) is 23.2 Å². The monoisotopic (exact) mass is 287 g/mol. The number of aryl methyl sites for hydroxylation is 1. The predicted octanol–water partition coefficient (Wildman–Crippen LogP) is 2.43. The molecule has 0 bridgehead atoms. The second-order valence-corrected chi connectivity index (χ2v) is 5.67. The zero-order valence-corrected chi connectivity index (χ0v) is 12.6. The van der Waals surface area contributed by atoms with Crippen LogP contribution in [-0.4, -0.2) is 30.4 Å². The van der Waals surface area contributed by atoms with Crippen molar-refractivity contribution in [3.8, 4) is 5.75 Å². The fourth-order valence-corrected chi connectivity index (χ4v) is 3.57. The van der Waals surface area contributed by atoms with E-state index in [4.69, 9.17) is 10.5 Å². The molecule has 3 rings (SSSR count). The molecule has 1 heterocycles. The number of hydrogen-bond donors (Lipinski definition) is 1. The third kappa shape index (κ3) is 1.91. The maximum atomic E-state index is 12.2. The lowest BCUT2D eigenvalue weighted by Gasteiger charge is -2.42. The second-order valence-electron chi connectivity index (χ2n) is 5.67. The normalized spacial score (nSPS) is 24.2. The topological polar surface area (TPSA) is 67.9 Å². The van der Waals surface area contributed by atoms with Gasteiger partial charge in [0.25, 0.3) is 0 Å². The zero-order valence-electron chi connectivity index (χ0n) is 12.6. The number of nitrogens with zero attached hydrogens (tertiary/aromatic N) is 2. The van der Waals surface area contributed by atoms with Gasteiger partial charge in [0.05, 0.1) is 7.11 Å². The molecule has 2 N–H and O–H groups in total. The molecule has 112 valence electrons. The molecule has 0 saturated heterocycles. The van der Waals surface area contributed by atoms with Crippen LogP contribution >= 0.6 is 0 Å². The Morgan fingerprint density at radius 2 is 2.29 bits per heavy atom. The molecule has 1 aliphatic heterocycles. The average molecular weight is 287 g/mol. The molecule has 2 aliphatic rings. The fourth-order valence-electron chi connectivity index (χ4n) is 3.57. The number of fused-ring (bicyclic) bond motifs is 2. The van der Waals surface area contributed by atoms with Gasteiger partial charge in [-0.3, -0.25) is 0 Å². The third-order valence-electron chi connectivity index (χ3n) is 4.53. The van der Waals surface area contributed by atoms with Crippen molar-refractivity contribution in [2.75, 3.05) is 13.7 Å². The minimum absolute atomic E-state index is 0.218. The Bertz CT molecular complexity index is 612. The summed E-state index contributed by atoms with van der Waals surface area (Å²) in [5.74, 6) is 1.22. The van der Waals surface area contributed by atoms with E-state index in [2.05, 4.69) is 18.0 Å². The van der Waals surface area contributed by atoms with Gasteiger partial charge in [0, 0.05) is 6.54 Å². The van der Waals surface area contributed by atoms with E-state index in [1.165, 1.54) is 5.56 Å². The van der Waals surface area contributed by atoms with Crippen molar-refractivity contribution in [2.45, 2.75) is 38.1 Å². The molecule has 1 aromatic rings. The molecular weight excluding hydrogens is 266 g/mol. The van der Waals surface area contributed by atoms with Gasteiger partial charge in [0.1, 0.15) is 17.1 Å². The summed E-state index contributed by atoms with van der Waals surface area (Å²) in [6.45, 7) is 2.73. The lowest BCUT2D eigenvalue weighted by Crippen LogP contribution is -2.53. The average Bonchev–Trinajstić information content (AvgIpc) is 2.72. The lowest BCUT2D eigenvalue weighted by molar-refractivity contribution is 0.158. The van der Waals surface area contributed by atoms with E-state index in [-0.39, 0.29) is 6.03 Å². The second kappa shape index (κ2) is 5.06. The van der Waals surface area contributed by atoms with E-state index in [0.717, 1.165) is 37.0 Å². The van der Waals surface area contributed by atoms with Gasteiger partial charge in [-0.05, 0) is 48.9 Å². The summed E-state index contributed by atoms with van der Waals surface area (Å²) < 4.78 is 5.36. The quantitative estimate of drug-likeness (QED) is 0.928. The molecule has 0 radical (unpaired) electrons. The largest absolute Gasteiger partial charge is 0.497 e. The Labute approximate surface area is 124 Å². The molecule has 2 amide bonds. The van der Waals surface area contributed by atoms with E-state index in [1.807, 2.05) is 17.0 Å². The van der Waals surface area contributed by atoms with E-state index in [1.54, 1.807) is 7.11 Å². The van der Waals surface area contributed by atoms with Crippen LogP contribution < -0.4 is 10.5 Å². The van der Waals surface area contributed by atoms with Gasteiger partial charge >= 0.3 is 6.03 Å². The zero-order chi connectivity index (χ0) is 15.0.